The van der Waals surface area contributed by atoms with Crippen molar-refractivity contribution in [3.05, 3.63) is 34.9 Å². The second-order valence-corrected chi connectivity index (χ2v) is 5.35. The Morgan fingerprint density at radius 1 is 1.25 bits per heavy atom. The Labute approximate surface area is 126 Å². The van der Waals surface area contributed by atoms with Crippen molar-refractivity contribution in [1.82, 2.24) is 20.1 Å². The van der Waals surface area contributed by atoms with Gasteiger partial charge in [-0.25, -0.2) is 0 Å². The molecule has 0 aliphatic heterocycles. The topological polar surface area (TPSA) is 66.0 Å². The first kappa shape index (κ1) is 14.7. The normalized spacial score (nSPS) is 10.6. The molecule has 106 valence electrons. The van der Waals surface area contributed by atoms with E-state index in [-0.39, 0.29) is 0 Å². The Morgan fingerprint density at radius 2 is 2.05 bits per heavy atom. The van der Waals surface area contributed by atoms with Crippen LogP contribution in [0.5, 0.6) is 0 Å². The summed E-state index contributed by atoms with van der Waals surface area (Å²) in [6.45, 7) is 1.73. The first-order chi connectivity index (χ1) is 9.65. The fourth-order valence-corrected chi connectivity index (χ4v) is 1.92. The number of anilines is 3. The van der Waals surface area contributed by atoms with Crippen molar-refractivity contribution in [2.24, 2.45) is 0 Å². The molecule has 6 nitrogen and oxygen atoms in total. The Morgan fingerprint density at radius 3 is 2.80 bits per heavy atom. The molecule has 0 fully saturated rings. The fraction of sp³-hybridized carbons (Fsp3) is 0.308. The molecule has 0 amide bonds. The van der Waals surface area contributed by atoms with E-state index in [2.05, 4.69) is 46.6 Å². The number of hydrogen-bond acceptors (Lipinski definition) is 6. The monoisotopic (exact) mass is 336 g/mol. The summed E-state index contributed by atoms with van der Waals surface area (Å²) in [4.78, 5) is 6.47. The molecular weight excluding hydrogens is 320 g/mol. The molecule has 0 aliphatic rings. The van der Waals surface area contributed by atoms with E-state index in [9.17, 15) is 0 Å². The van der Waals surface area contributed by atoms with Crippen LogP contribution in [0.1, 0.15) is 0 Å². The van der Waals surface area contributed by atoms with Crippen LogP contribution in [0.3, 0.4) is 0 Å². The van der Waals surface area contributed by atoms with Gasteiger partial charge in [-0.15, -0.1) is 5.10 Å². The zero-order chi connectivity index (χ0) is 14.4. The van der Waals surface area contributed by atoms with Gasteiger partial charge in [-0.3, -0.25) is 0 Å². The number of likely N-dealkylation sites (N-methyl/N-ethyl adjacent to an activating group) is 1. The summed E-state index contributed by atoms with van der Waals surface area (Å²) in [7, 11) is 4.06. The molecular formula is C13H17BrN6. The van der Waals surface area contributed by atoms with Gasteiger partial charge in [-0.2, -0.15) is 10.1 Å². The van der Waals surface area contributed by atoms with E-state index in [1.807, 2.05) is 38.4 Å². The summed E-state index contributed by atoms with van der Waals surface area (Å²) >= 11 is 3.47. The van der Waals surface area contributed by atoms with E-state index in [0.717, 1.165) is 23.2 Å². The molecule has 1 aromatic heterocycles. The van der Waals surface area contributed by atoms with Crippen LogP contribution >= 0.6 is 15.9 Å². The number of nitrogens with one attached hydrogen (secondary N) is 2. The van der Waals surface area contributed by atoms with Gasteiger partial charge in [0.25, 0.3) is 0 Å². The van der Waals surface area contributed by atoms with Gasteiger partial charge >= 0.3 is 0 Å². The Bertz CT molecular complexity index is 560. The summed E-state index contributed by atoms with van der Waals surface area (Å²) in [6, 6.07) is 7.79. The zero-order valence-electron chi connectivity index (χ0n) is 11.5. The number of rotatable bonds is 6. The molecule has 0 bridgehead atoms. The van der Waals surface area contributed by atoms with Gasteiger partial charge in [-0.1, -0.05) is 12.1 Å². The van der Waals surface area contributed by atoms with Gasteiger partial charge in [0.05, 0.1) is 11.9 Å². The highest BCUT2D eigenvalue weighted by atomic mass is 79.9. The van der Waals surface area contributed by atoms with Gasteiger partial charge < -0.3 is 15.5 Å². The number of benzene rings is 1. The molecule has 0 radical (unpaired) electrons. The van der Waals surface area contributed by atoms with E-state index in [4.69, 9.17) is 0 Å². The summed E-state index contributed by atoms with van der Waals surface area (Å²) < 4.78 is 0.953. The summed E-state index contributed by atoms with van der Waals surface area (Å²) in [6.07, 6.45) is 1.61. The largest absolute Gasteiger partial charge is 0.367 e. The Kier molecular flexibility index (Phi) is 5.25. The number of halogens is 1. The van der Waals surface area contributed by atoms with Crippen molar-refractivity contribution in [3.63, 3.8) is 0 Å². The third-order valence-electron chi connectivity index (χ3n) is 2.54. The maximum absolute atomic E-state index is 4.37. The molecule has 1 aromatic carbocycles. The van der Waals surface area contributed by atoms with Crippen LogP contribution in [-0.4, -0.2) is 47.3 Å². The lowest BCUT2D eigenvalue weighted by molar-refractivity contribution is 0.425. The predicted octanol–water partition coefficient (Wildman–Crippen LogP) is 2.35. The lowest BCUT2D eigenvalue weighted by atomic mass is 10.3. The third-order valence-corrected chi connectivity index (χ3v) is 3.24. The van der Waals surface area contributed by atoms with Crippen molar-refractivity contribution >= 4 is 33.4 Å². The van der Waals surface area contributed by atoms with Crippen molar-refractivity contribution in [1.29, 1.82) is 0 Å². The first-order valence-electron chi connectivity index (χ1n) is 6.25. The van der Waals surface area contributed by atoms with E-state index in [1.165, 1.54) is 0 Å². The maximum Gasteiger partial charge on any atom is 0.249 e. The minimum Gasteiger partial charge on any atom is -0.367 e. The standard InChI is InChI=1S/C13H17BrN6/c1-20(2)8-7-15-12-9-16-19-13(18-12)17-11-6-4-3-5-10(11)14/h3-6,9H,7-8H2,1-2H3,(H2,15,17,18,19). The zero-order valence-corrected chi connectivity index (χ0v) is 13.1. The second kappa shape index (κ2) is 7.16. The van der Waals surface area contributed by atoms with Gasteiger partial charge in [0, 0.05) is 17.6 Å². The Hall–Kier alpha value is -1.73. The van der Waals surface area contributed by atoms with Crippen molar-refractivity contribution in [2.45, 2.75) is 0 Å². The number of hydrogen-bond donors (Lipinski definition) is 2. The first-order valence-corrected chi connectivity index (χ1v) is 7.04. The summed E-state index contributed by atoms with van der Waals surface area (Å²) in [5, 5.41) is 14.3. The van der Waals surface area contributed by atoms with Crippen LogP contribution in [0, 0.1) is 0 Å². The molecule has 7 heteroatoms. The minimum atomic E-state index is 0.465. The van der Waals surface area contributed by atoms with Crippen LogP contribution in [0.2, 0.25) is 0 Å². The van der Waals surface area contributed by atoms with Gasteiger partial charge in [0.15, 0.2) is 5.82 Å². The summed E-state index contributed by atoms with van der Waals surface area (Å²) in [5.74, 6) is 1.17. The fourth-order valence-electron chi connectivity index (χ4n) is 1.53. The molecule has 0 atom stereocenters. The highest BCUT2D eigenvalue weighted by molar-refractivity contribution is 9.10. The molecule has 0 aliphatic carbocycles. The lowest BCUT2D eigenvalue weighted by Gasteiger charge is -2.11. The van der Waals surface area contributed by atoms with Gasteiger partial charge in [-0.05, 0) is 42.2 Å². The predicted molar refractivity (Wildman–Crippen MR) is 84.3 cm³/mol. The smallest absolute Gasteiger partial charge is 0.249 e. The van der Waals surface area contributed by atoms with Crippen molar-refractivity contribution in [3.8, 4) is 0 Å². The van der Waals surface area contributed by atoms with Crippen LogP contribution in [0.15, 0.2) is 34.9 Å². The third kappa shape index (κ3) is 4.43. The molecule has 2 rings (SSSR count). The van der Waals surface area contributed by atoms with Crippen LogP contribution in [0.4, 0.5) is 17.5 Å². The molecule has 20 heavy (non-hydrogen) atoms. The molecule has 0 saturated carbocycles. The van der Waals surface area contributed by atoms with Crippen molar-refractivity contribution in [2.75, 3.05) is 37.8 Å². The minimum absolute atomic E-state index is 0.465. The number of para-hydroxylation sites is 1. The maximum atomic E-state index is 4.37. The highest BCUT2D eigenvalue weighted by Gasteiger charge is 2.03. The number of aromatic nitrogens is 3. The van der Waals surface area contributed by atoms with Gasteiger partial charge in [0.2, 0.25) is 5.95 Å². The molecule has 2 aromatic rings. The molecule has 0 spiro atoms. The SMILES string of the molecule is CN(C)CCNc1cnnc(Nc2ccccc2Br)n1. The molecule has 1 heterocycles. The van der Waals surface area contributed by atoms with Crippen LogP contribution < -0.4 is 10.6 Å². The van der Waals surface area contributed by atoms with E-state index in [1.54, 1.807) is 6.20 Å². The number of nitrogens with zero attached hydrogens (tertiary/aromatic N) is 4. The quantitative estimate of drug-likeness (QED) is 0.844. The highest BCUT2D eigenvalue weighted by Crippen LogP contribution is 2.23. The van der Waals surface area contributed by atoms with E-state index >= 15 is 0 Å². The van der Waals surface area contributed by atoms with E-state index in [0.29, 0.717) is 11.8 Å². The average Bonchev–Trinajstić information content (AvgIpc) is 2.41. The Balaban J connectivity index is 2.01. The molecule has 0 saturated heterocycles. The lowest BCUT2D eigenvalue weighted by Crippen LogP contribution is -2.21. The van der Waals surface area contributed by atoms with E-state index < -0.39 is 0 Å². The van der Waals surface area contributed by atoms with Gasteiger partial charge in [0.1, 0.15) is 0 Å². The average molecular weight is 337 g/mol. The molecule has 2 N–H and O–H groups in total. The van der Waals surface area contributed by atoms with Crippen LogP contribution in [0.25, 0.3) is 0 Å². The molecule has 0 unspecified atom stereocenters. The second-order valence-electron chi connectivity index (χ2n) is 4.50. The van der Waals surface area contributed by atoms with Crippen LogP contribution in [-0.2, 0) is 0 Å². The van der Waals surface area contributed by atoms with Crippen molar-refractivity contribution < 1.29 is 0 Å². The summed E-state index contributed by atoms with van der Waals surface area (Å²) in [5.41, 5.74) is 0.903.